The zero-order valence-corrected chi connectivity index (χ0v) is 17.2. The van der Waals surface area contributed by atoms with Gasteiger partial charge in [0.25, 0.3) is 5.91 Å². The zero-order chi connectivity index (χ0) is 18.7. The number of likely N-dealkylation sites (N-methyl/N-ethyl adjacent to an activating group) is 1. The Morgan fingerprint density at radius 1 is 1.26 bits per heavy atom. The van der Waals surface area contributed by atoms with Gasteiger partial charge in [-0.05, 0) is 50.2 Å². The molecule has 146 valence electrons. The van der Waals surface area contributed by atoms with Crippen molar-refractivity contribution in [2.24, 2.45) is 0 Å². The van der Waals surface area contributed by atoms with E-state index >= 15 is 0 Å². The second-order valence-electron chi connectivity index (χ2n) is 6.10. The van der Waals surface area contributed by atoms with E-state index in [-0.39, 0.29) is 24.3 Å². The van der Waals surface area contributed by atoms with E-state index < -0.39 is 0 Å². The first-order valence-electron chi connectivity index (χ1n) is 8.49. The maximum absolute atomic E-state index is 12.6. The number of carbonyl (C=O) groups excluding carboxylic acids is 2. The van der Waals surface area contributed by atoms with Crippen molar-refractivity contribution in [3.8, 4) is 5.75 Å². The van der Waals surface area contributed by atoms with E-state index in [2.05, 4.69) is 10.2 Å². The molecular weight excluding hydrogens is 388 g/mol. The van der Waals surface area contributed by atoms with Crippen molar-refractivity contribution in [2.75, 3.05) is 32.6 Å². The Bertz CT molecular complexity index is 820. The number of fused-ring (bicyclic) bond motifs is 1. The lowest BCUT2D eigenvalue weighted by Gasteiger charge is -2.22. The summed E-state index contributed by atoms with van der Waals surface area (Å²) in [5, 5.41) is 3.45. The molecule has 0 spiro atoms. The van der Waals surface area contributed by atoms with Gasteiger partial charge in [0.1, 0.15) is 10.8 Å². The van der Waals surface area contributed by atoms with Crippen LogP contribution >= 0.6 is 23.7 Å². The number of amides is 1. The molecule has 27 heavy (non-hydrogen) atoms. The predicted octanol–water partition coefficient (Wildman–Crippen LogP) is 3.60. The van der Waals surface area contributed by atoms with Crippen LogP contribution in [-0.4, -0.2) is 44.1 Å². The van der Waals surface area contributed by atoms with Crippen LogP contribution in [0.1, 0.15) is 38.1 Å². The number of hydrogen-bond donors (Lipinski definition) is 1. The molecule has 0 atom stereocenters. The number of nitrogens with one attached hydrogen (secondary N) is 1. The van der Waals surface area contributed by atoms with E-state index in [4.69, 9.17) is 9.47 Å². The Hall–Kier alpha value is -2.09. The molecule has 2 heterocycles. The molecule has 1 N–H and O–H groups in total. The molecule has 0 radical (unpaired) electrons. The lowest BCUT2D eigenvalue weighted by Crippen LogP contribution is -2.26. The van der Waals surface area contributed by atoms with Crippen molar-refractivity contribution < 1.29 is 19.1 Å². The molecule has 0 fully saturated rings. The number of nitrogens with zero attached hydrogens (tertiary/aromatic N) is 1. The minimum absolute atomic E-state index is 0. The number of anilines is 1. The van der Waals surface area contributed by atoms with Gasteiger partial charge in [-0.3, -0.25) is 4.79 Å². The van der Waals surface area contributed by atoms with Crippen molar-refractivity contribution in [1.29, 1.82) is 0 Å². The normalized spacial score (nSPS) is 13.3. The van der Waals surface area contributed by atoms with Crippen LogP contribution in [0.4, 0.5) is 5.00 Å². The molecule has 0 saturated heterocycles. The second kappa shape index (κ2) is 9.21. The van der Waals surface area contributed by atoms with Gasteiger partial charge in [-0.15, -0.1) is 23.7 Å². The number of halogens is 1. The van der Waals surface area contributed by atoms with Crippen LogP contribution in [0.5, 0.6) is 5.75 Å². The van der Waals surface area contributed by atoms with E-state index in [1.165, 1.54) is 11.3 Å². The number of carbonyl (C=O) groups is 2. The van der Waals surface area contributed by atoms with Gasteiger partial charge >= 0.3 is 5.97 Å². The van der Waals surface area contributed by atoms with Crippen LogP contribution in [-0.2, 0) is 17.7 Å². The fraction of sp³-hybridized carbons (Fsp3) is 0.368. The van der Waals surface area contributed by atoms with Crippen molar-refractivity contribution in [1.82, 2.24) is 4.90 Å². The Labute approximate surface area is 168 Å². The molecule has 1 aliphatic heterocycles. The molecule has 0 saturated carbocycles. The summed E-state index contributed by atoms with van der Waals surface area (Å²) >= 11 is 1.45. The van der Waals surface area contributed by atoms with E-state index in [1.807, 2.05) is 7.05 Å². The van der Waals surface area contributed by atoms with Crippen LogP contribution in [0.3, 0.4) is 0 Å². The largest absolute Gasteiger partial charge is 0.497 e. The van der Waals surface area contributed by atoms with E-state index in [1.54, 1.807) is 38.3 Å². The minimum atomic E-state index is -0.375. The van der Waals surface area contributed by atoms with E-state index in [0.717, 1.165) is 30.0 Å². The summed E-state index contributed by atoms with van der Waals surface area (Å²) in [5.74, 6) is 0.0492. The van der Waals surface area contributed by atoms with Gasteiger partial charge in [0.15, 0.2) is 0 Å². The topological polar surface area (TPSA) is 67.9 Å². The number of benzene rings is 1. The van der Waals surface area contributed by atoms with Crippen LogP contribution in [0.15, 0.2) is 24.3 Å². The first-order chi connectivity index (χ1) is 12.5. The predicted molar refractivity (Wildman–Crippen MR) is 109 cm³/mol. The molecule has 1 aromatic carbocycles. The molecule has 0 bridgehead atoms. The highest BCUT2D eigenvalue weighted by molar-refractivity contribution is 7.17. The van der Waals surface area contributed by atoms with Crippen LogP contribution < -0.4 is 10.1 Å². The Kier molecular flexibility index (Phi) is 7.24. The molecule has 8 heteroatoms. The third-order valence-electron chi connectivity index (χ3n) is 4.31. The number of hydrogen-bond acceptors (Lipinski definition) is 6. The fourth-order valence-electron chi connectivity index (χ4n) is 2.96. The smallest absolute Gasteiger partial charge is 0.341 e. The summed E-state index contributed by atoms with van der Waals surface area (Å²) in [6.07, 6.45) is 0.773. The highest BCUT2D eigenvalue weighted by Gasteiger charge is 2.28. The summed E-state index contributed by atoms with van der Waals surface area (Å²) in [6.45, 7) is 3.72. The van der Waals surface area contributed by atoms with Crippen LogP contribution in [0, 0.1) is 0 Å². The highest BCUT2D eigenvalue weighted by atomic mass is 35.5. The average Bonchev–Trinajstić information content (AvgIpc) is 2.98. The number of rotatable bonds is 5. The molecule has 1 aliphatic rings. The van der Waals surface area contributed by atoms with Gasteiger partial charge in [-0.1, -0.05) is 0 Å². The van der Waals surface area contributed by atoms with Crippen LogP contribution in [0.25, 0.3) is 0 Å². The van der Waals surface area contributed by atoms with Crippen molar-refractivity contribution in [3.63, 3.8) is 0 Å². The molecular formula is C19H23ClN2O4S. The molecule has 2 aromatic rings. The fourth-order valence-corrected chi connectivity index (χ4v) is 4.27. The van der Waals surface area contributed by atoms with Crippen molar-refractivity contribution in [2.45, 2.75) is 19.9 Å². The van der Waals surface area contributed by atoms with Gasteiger partial charge in [-0.2, -0.15) is 0 Å². The van der Waals surface area contributed by atoms with E-state index in [0.29, 0.717) is 28.5 Å². The molecule has 1 amide bonds. The minimum Gasteiger partial charge on any atom is -0.497 e. The summed E-state index contributed by atoms with van der Waals surface area (Å²) in [5.41, 5.74) is 2.00. The third-order valence-corrected chi connectivity index (χ3v) is 5.44. The molecule has 0 unspecified atom stereocenters. The maximum Gasteiger partial charge on any atom is 0.341 e. The van der Waals surface area contributed by atoms with Crippen molar-refractivity contribution >= 4 is 40.6 Å². The van der Waals surface area contributed by atoms with Gasteiger partial charge in [0, 0.05) is 23.5 Å². The van der Waals surface area contributed by atoms with Crippen molar-refractivity contribution in [3.05, 3.63) is 45.8 Å². The standard InChI is InChI=1S/C19H22N2O4S.ClH/c1-4-25-19(23)16-14-9-10-21(2)11-15(14)26-18(16)20-17(22)12-5-7-13(24-3)8-6-12;/h5-8H,4,9-11H2,1-3H3,(H,20,22);1H. The summed E-state index contributed by atoms with van der Waals surface area (Å²) in [7, 11) is 3.62. The van der Waals surface area contributed by atoms with Gasteiger partial charge in [-0.25, -0.2) is 4.79 Å². The molecule has 1 aromatic heterocycles. The van der Waals surface area contributed by atoms with Gasteiger partial charge < -0.3 is 19.7 Å². The first-order valence-corrected chi connectivity index (χ1v) is 9.30. The SMILES string of the molecule is CCOC(=O)c1c(NC(=O)c2ccc(OC)cc2)sc2c1CCN(C)C2.Cl. The summed E-state index contributed by atoms with van der Waals surface area (Å²) in [4.78, 5) is 28.4. The number of methoxy groups -OCH3 is 1. The van der Waals surface area contributed by atoms with Gasteiger partial charge in [0.05, 0.1) is 19.3 Å². The van der Waals surface area contributed by atoms with Crippen LogP contribution in [0.2, 0.25) is 0 Å². The monoisotopic (exact) mass is 410 g/mol. The zero-order valence-electron chi connectivity index (χ0n) is 15.5. The third kappa shape index (κ3) is 4.61. The number of esters is 1. The quantitative estimate of drug-likeness (QED) is 0.763. The second-order valence-corrected chi connectivity index (χ2v) is 7.20. The first kappa shape index (κ1) is 21.2. The number of thiophene rings is 1. The molecule has 0 aliphatic carbocycles. The summed E-state index contributed by atoms with van der Waals surface area (Å²) < 4.78 is 10.3. The molecule has 6 nitrogen and oxygen atoms in total. The Balaban J connectivity index is 0.00000261. The lowest BCUT2D eigenvalue weighted by atomic mass is 10.0. The maximum atomic E-state index is 12.6. The van der Waals surface area contributed by atoms with E-state index in [9.17, 15) is 9.59 Å². The van der Waals surface area contributed by atoms with Gasteiger partial charge in [0.2, 0.25) is 0 Å². The Morgan fingerprint density at radius 3 is 2.59 bits per heavy atom. The molecule has 3 rings (SSSR count). The highest BCUT2D eigenvalue weighted by Crippen LogP contribution is 2.37. The summed E-state index contributed by atoms with van der Waals surface area (Å²) in [6, 6.07) is 6.85. The average molecular weight is 411 g/mol. The number of ether oxygens (including phenoxy) is 2. The Morgan fingerprint density at radius 2 is 1.96 bits per heavy atom. The lowest BCUT2D eigenvalue weighted by molar-refractivity contribution is 0.0526.